The minimum atomic E-state index is -4.38. The second kappa shape index (κ2) is 8.25. The zero-order chi connectivity index (χ0) is 18.3. The maximum absolute atomic E-state index is 12.0. The van der Waals surface area contributed by atoms with E-state index in [1.807, 2.05) is 0 Å². The first-order valence-electron chi connectivity index (χ1n) is 7.09. The lowest BCUT2D eigenvalue weighted by Gasteiger charge is -2.09. The number of hydrogen-bond donors (Lipinski definition) is 2. The van der Waals surface area contributed by atoms with E-state index in [0.717, 1.165) is 0 Å². The van der Waals surface area contributed by atoms with Crippen LogP contribution in [0.15, 0.2) is 48.8 Å². The van der Waals surface area contributed by atoms with Crippen molar-refractivity contribution in [3.05, 3.63) is 65.5 Å². The van der Waals surface area contributed by atoms with E-state index in [1.165, 1.54) is 42.7 Å². The van der Waals surface area contributed by atoms with Gasteiger partial charge in [-0.15, -0.1) is 0 Å². The third-order valence-electron chi connectivity index (χ3n) is 2.96. The molecule has 0 fully saturated rings. The molecule has 2 aromatic rings. The minimum Gasteiger partial charge on any atom is -0.367 e. The van der Waals surface area contributed by atoms with Crippen LogP contribution in [0, 0.1) is 0 Å². The highest BCUT2D eigenvalue weighted by Gasteiger charge is 2.27. The van der Waals surface area contributed by atoms with Crippen LogP contribution in [0.3, 0.4) is 0 Å². The molecule has 0 aliphatic rings. The lowest BCUT2D eigenvalue weighted by molar-refractivity contribution is -0.176. The molecule has 0 radical (unpaired) electrons. The number of rotatable bonds is 5. The molecular formula is C16H14F3N3O3. The van der Waals surface area contributed by atoms with E-state index >= 15 is 0 Å². The Morgan fingerprint density at radius 1 is 1.00 bits per heavy atom. The molecule has 0 atom stereocenters. The normalized spacial score (nSPS) is 11.0. The van der Waals surface area contributed by atoms with E-state index in [0.29, 0.717) is 5.56 Å². The molecule has 0 bridgehead atoms. The van der Waals surface area contributed by atoms with Gasteiger partial charge in [0.15, 0.2) is 0 Å². The predicted octanol–water partition coefficient (Wildman–Crippen LogP) is 2.24. The van der Waals surface area contributed by atoms with Crippen LogP contribution in [0.5, 0.6) is 0 Å². The van der Waals surface area contributed by atoms with Crippen LogP contribution in [0.1, 0.15) is 26.3 Å². The van der Waals surface area contributed by atoms with Crippen LogP contribution in [0.2, 0.25) is 0 Å². The summed E-state index contributed by atoms with van der Waals surface area (Å²) in [6.45, 7) is -1.56. The highest BCUT2D eigenvalue weighted by molar-refractivity contribution is 5.98. The van der Waals surface area contributed by atoms with Crippen molar-refractivity contribution in [2.45, 2.75) is 12.8 Å². The van der Waals surface area contributed by atoms with Gasteiger partial charge in [-0.2, -0.15) is 13.2 Å². The van der Waals surface area contributed by atoms with Crippen LogP contribution in [0.25, 0.3) is 0 Å². The van der Waals surface area contributed by atoms with Crippen LogP contribution in [0.4, 0.5) is 13.2 Å². The van der Waals surface area contributed by atoms with Crippen LogP contribution < -0.4 is 10.9 Å². The van der Waals surface area contributed by atoms with Gasteiger partial charge in [-0.3, -0.25) is 25.4 Å². The van der Waals surface area contributed by atoms with Gasteiger partial charge in [-0.05, 0) is 29.8 Å². The summed E-state index contributed by atoms with van der Waals surface area (Å²) >= 11 is 0. The van der Waals surface area contributed by atoms with Gasteiger partial charge in [0.05, 0.1) is 12.2 Å². The van der Waals surface area contributed by atoms with Crippen LogP contribution >= 0.6 is 0 Å². The van der Waals surface area contributed by atoms with Crippen molar-refractivity contribution >= 4 is 11.8 Å². The number of halogens is 3. The molecular weight excluding hydrogens is 339 g/mol. The Kier molecular flexibility index (Phi) is 6.07. The number of nitrogens with zero attached hydrogens (tertiary/aromatic N) is 1. The second-order valence-electron chi connectivity index (χ2n) is 4.95. The Balaban J connectivity index is 1.83. The molecule has 1 aromatic carbocycles. The molecule has 0 unspecified atom stereocenters. The molecule has 25 heavy (non-hydrogen) atoms. The summed E-state index contributed by atoms with van der Waals surface area (Å²) in [5, 5.41) is 0. The Morgan fingerprint density at radius 2 is 1.64 bits per heavy atom. The monoisotopic (exact) mass is 353 g/mol. The van der Waals surface area contributed by atoms with Crippen molar-refractivity contribution in [3.63, 3.8) is 0 Å². The van der Waals surface area contributed by atoms with Gasteiger partial charge < -0.3 is 4.74 Å². The Hall–Kier alpha value is -2.94. The van der Waals surface area contributed by atoms with Crippen molar-refractivity contribution in [2.75, 3.05) is 6.61 Å². The zero-order valence-electron chi connectivity index (χ0n) is 12.8. The van der Waals surface area contributed by atoms with E-state index in [4.69, 9.17) is 0 Å². The number of hydrogen-bond acceptors (Lipinski definition) is 4. The molecule has 0 aliphatic carbocycles. The Labute approximate surface area is 141 Å². The summed E-state index contributed by atoms with van der Waals surface area (Å²) in [4.78, 5) is 27.5. The molecule has 0 spiro atoms. The fourth-order valence-electron chi connectivity index (χ4n) is 1.79. The number of benzene rings is 1. The van der Waals surface area contributed by atoms with E-state index in [1.54, 1.807) is 6.07 Å². The van der Waals surface area contributed by atoms with E-state index in [-0.39, 0.29) is 17.7 Å². The molecule has 0 saturated carbocycles. The summed E-state index contributed by atoms with van der Waals surface area (Å²) in [5.74, 6) is -1.10. The highest BCUT2D eigenvalue weighted by atomic mass is 19.4. The average Bonchev–Trinajstić information content (AvgIpc) is 2.59. The number of ether oxygens (including phenoxy) is 1. The van der Waals surface area contributed by atoms with E-state index < -0.39 is 24.6 Å². The van der Waals surface area contributed by atoms with Gasteiger partial charge in [-0.25, -0.2) is 0 Å². The number of pyridine rings is 1. The maximum Gasteiger partial charge on any atom is 0.411 e. The number of hydrazine groups is 1. The molecule has 6 nitrogen and oxygen atoms in total. The molecule has 2 N–H and O–H groups in total. The molecule has 0 aliphatic heterocycles. The number of aromatic nitrogens is 1. The highest BCUT2D eigenvalue weighted by Crippen LogP contribution is 2.15. The van der Waals surface area contributed by atoms with Gasteiger partial charge in [0.1, 0.15) is 6.61 Å². The standard InChI is InChI=1S/C16H14F3N3O3/c17-16(18,19)10-25-9-11-3-5-12(6-4-11)14(23)21-22-15(24)13-2-1-7-20-8-13/h1-8H,9-10H2,(H,21,23)(H,22,24). The lowest BCUT2D eigenvalue weighted by atomic mass is 10.1. The SMILES string of the molecule is O=C(NNC(=O)c1cccnc1)c1ccc(COCC(F)(F)F)cc1. The van der Waals surface area contributed by atoms with Gasteiger partial charge in [0.25, 0.3) is 11.8 Å². The van der Waals surface area contributed by atoms with Crippen molar-refractivity contribution in [1.29, 1.82) is 0 Å². The van der Waals surface area contributed by atoms with Crippen molar-refractivity contribution in [3.8, 4) is 0 Å². The molecule has 9 heteroatoms. The number of amides is 2. The van der Waals surface area contributed by atoms with Gasteiger partial charge >= 0.3 is 6.18 Å². The van der Waals surface area contributed by atoms with Gasteiger partial charge in [0.2, 0.25) is 0 Å². The average molecular weight is 353 g/mol. The summed E-state index contributed by atoms with van der Waals surface area (Å²) in [7, 11) is 0. The third kappa shape index (κ3) is 6.22. The van der Waals surface area contributed by atoms with Crippen molar-refractivity contribution < 1.29 is 27.5 Å². The molecule has 2 rings (SSSR count). The Morgan fingerprint density at radius 3 is 2.20 bits per heavy atom. The lowest BCUT2D eigenvalue weighted by Crippen LogP contribution is -2.41. The van der Waals surface area contributed by atoms with E-state index in [9.17, 15) is 22.8 Å². The largest absolute Gasteiger partial charge is 0.411 e. The fraction of sp³-hybridized carbons (Fsp3) is 0.188. The summed E-state index contributed by atoms with van der Waals surface area (Å²) in [6, 6.07) is 8.87. The quantitative estimate of drug-likeness (QED) is 0.808. The number of nitrogens with one attached hydrogen (secondary N) is 2. The van der Waals surface area contributed by atoms with Crippen LogP contribution in [-0.4, -0.2) is 29.6 Å². The Bertz CT molecular complexity index is 719. The number of carbonyl (C=O) groups is 2. The minimum absolute atomic E-state index is 0.223. The first-order valence-corrected chi connectivity index (χ1v) is 7.09. The second-order valence-corrected chi connectivity index (χ2v) is 4.95. The summed E-state index contributed by atoms with van der Waals surface area (Å²) in [6.07, 6.45) is -1.53. The smallest absolute Gasteiger partial charge is 0.367 e. The number of carbonyl (C=O) groups excluding carboxylic acids is 2. The van der Waals surface area contributed by atoms with Crippen LogP contribution in [-0.2, 0) is 11.3 Å². The predicted molar refractivity (Wildman–Crippen MR) is 81.3 cm³/mol. The molecule has 132 valence electrons. The summed E-state index contributed by atoms with van der Waals surface area (Å²) in [5.41, 5.74) is 5.46. The zero-order valence-corrected chi connectivity index (χ0v) is 12.8. The fourth-order valence-corrected chi connectivity index (χ4v) is 1.79. The van der Waals surface area contributed by atoms with Gasteiger partial charge in [-0.1, -0.05) is 12.1 Å². The molecule has 1 heterocycles. The third-order valence-corrected chi connectivity index (χ3v) is 2.96. The van der Waals surface area contributed by atoms with Gasteiger partial charge in [0, 0.05) is 18.0 Å². The summed E-state index contributed by atoms with van der Waals surface area (Å²) < 4.78 is 40.5. The van der Waals surface area contributed by atoms with Crippen molar-refractivity contribution in [2.24, 2.45) is 0 Å². The van der Waals surface area contributed by atoms with Crippen molar-refractivity contribution in [1.82, 2.24) is 15.8 Å². The van der Waals surface area contributed by atoms with E-state index in [2.05, 4.69) is 20.6 Å². The topological polar surface area (TPSA) is 80.3 Å². The maximum atomic E-state index is 12.0. The molecule has 2 amide bonds. The number of alkyl halides is 3. The first kappa shape index (κ1) is 18.4. The first-order chi connectivity index (χ1) is 11.8. The molecule has 1 aromatic heterocycles. The molecule has 0 saturated heterocycles.